The van der Waals surface area contributed by atoms with Crippen molar-refractivity contribution >= 4 is 42.0 Å². The Morgan fingerprint density at radius 2 is 0.983 bits per heavy atom. The summed E-state index contributed by atoms with van der Waals surface area (Å²) in [5.41, 5.74) is 6.84. The average molecular weight is 904 g/mol. The molecule has 0 spiro atoms. The molecule has 3 aromatic heterocycles. The summed E-state index contributed by atoms with van der Waals surface area (Å²) in [4.78, 5) is 62.9. The molecule has 0 saturated carbocycles. The Balaban J connectivity index is 0.000000256. The van der Waals surface area contributed by atoms with E-state index in [2.05, 4.69) is 76.9 Å². The van der Waals surface area contributed by atoms with Crippen molar-refractivity contribution in [2.24, 2.45) is 0 Å². The molecule has 0 aliphatic heterocycles. The van der Waals surface area contributed by atoms with Crippen LogP contribution in [0.15, 0.2) is 108 Å². The Bertz CT molecular complexity index is 2170. The number of benzene rings is 2. The van der Waals surface area contributed by atoms with Crippen LogP contribution in [0.3, 0.4) is 0 Å². The van der Waals surface area contributed by atoms with Gasteiger partial charge < -0.3 is 9.53 Å². The molecule has 3 amide bonds. The standard InChI is InChI=1S/C21H30N2O3Si.C15H16N2O3.C8H9BrN2O2/c1-21(2,3)27(6,7)26-15-16-8-10-17(11-9-16)19-14-18(12-13-22-19)20(24)23(4)25-5;1-17(20-2)15(19)13-7-8-16-14(9-13)12-5-3-11(10-18)4-6-12;1-11(13-2)8(12)6-3-4-10-7(9)5-6/h8-14H,15H2,1-7H3;3-9,18H,10H2,1-2H3;3-5H,1-2H3. The molecular formula is C44H55BrN6O8Si. The first-order chi connectivity index (χ1) is 28.3. The van der Waals surface area contributed by atoms with Gasteiger partial charge in [-0.15, -0.1) is 0 Å². The van der Waals surface area contributed by atoms with E-state index in [9.17, 15) is 14.4 Å². The van der Waals surface area contributed by atoms with Crippen LogP contribution in [0.5, 0.6) is 0 Å². The van der Waals surface area contributed by atoms with E-state index in [1.807, 2.05) is 36.4 Å². The lowest BCUT2D eigenvalue weighted by atomic mass is 10.1. The number of carbonyl (C=O) groups is 3. The van der Waals surface area contributed by atoms with Gasteiger partial charge >= 0.3 is 0 Å². The van der Waals surface area contributed by atoms with E-state index < -0.39 is 8.32 Å². The van der Waals surface area contributed by atoms with Crippen molar-refractivity contribution in [2.75, 3.05) is 42.5 Å². The summed E-state index contributed by atoms with van der Waals surface area (Å²) in [6.45, 7) is 11.8. The zero-order valence-electron chi connectivity index (χ0n) is 36.1. The molecule has 3 heterocycles. The summed E-state index contributed by atoms with van der Waals surface area (Å²) in [6, 6.07) is 25.6. The van der Waals surface area contributed by atoms with Crippen molar-refractivity contribution in [3.8, 4) is 22.5 Å². The van der Waals surface area contributed by atoms with Crippen molar-refractivity contribution in [3.63, 3.8) is 0 Å². The Morgan fingerprint density at radius 3 is 1.33 bits per heavy atom. The Hall–Kier alpha value is -5.20. The lowest BCUT2D eigenvalue weighted by Gasteiger charge is -2.36. The number of carbonyl (C=O) groups excluding carboxylic acids is 3. The number of aliphatic hydroxyl groups is 1. The van der Waals surface area contributed by atoms with E-state index in [0.29, 0.717) is 33.6 Å². The van der Waals surface area contributed by atoms with E-state index in [4.69, 9.17) is 24.0 Å². The summed E-state index contributed by atoms with van der Waals surface area (Å²) < 4.78 is 6.90. The van der Waals surface area contributed by atoms with Gasteiger partial charge in [0.05, 0.1) is 45.9 Å². The molecule has 0 unspecified atom stereocenters. The van der Waals surface area contributed by atoms with Gasteiger partial charge in [0, 0.05) is 67.6 Å². The summed E-state index contributed by atoms with van der Waals surface area (Å²) in [6.07, 6.45) is 4.79. The van der Waals surface area contributed by atoms with Gasteiger partial charge in [-0.25, -0.2) is 20.2 Å². The number of hydrogen-bond acceptors (Lipinski definition) is 11. The molecule has 0 saturated heterocycles. The molecule has 0 aliphatic rings. The van der Waals surface area contributed by atoms with Crippen LogP contribution in [0.4, 0.5) is 0 Å². The summed E-state index contributed by atoms with van der Waals surface area (Å²) in [5, 5.41) is 12.7. The number of amides is 3. The molecular weight excluding hydrogens is 849 g/mol. The van der Waals surface area contributed by atoms with Gasteiger partial charge in [0.1, 0.15) is 4.60 Å². The molecule has 0 fully saturated rings. The number of hydrogen-bond donors (Lipinski definition) is 1. The number of pyridine rings is 3. The van der Waals surface area contributed by atoms with Crippen LogP contribution in [0.25, 0.3) is 22.5 Å². The molecule has 0 bridgehead atoms. The van der Waals surface area contributed by atoms with Gasteiger partial charge in [-0.3, -0.25) is 38.9 Å². The van der Waals surface area contributed by atoms with Gasteiger partial charge in [-0.2, -0.15) is 0 Å². The average Bonchev–Trinajstić information content (AvgIpc) is 3.27. The van der Waals surface area contributed by atoms with E-state index in [1.165, 1.54) is 26.4 Å². The second-order valence-corrected chi connectivity index (χ2v) is 20.4. The van der Waals surface area contributed by atoms with Crippen molar-refractivity contribution < 1.29 is 38.4 Å². The number of hydroxylamine groups is 6. The monoisotopic (exact) mass is 902 g/mol. The molecule has 60 heavy (non-hydrogen) atoms. The molecule has 5 rings (SSSR count). The molecule has 5 aromatic rings. The third-order valence-corrected chi connectivity index (χ3v) is 14.7. The van der Waals surface area contributed by atoms with E-state index in [1.54, 1.807) is 76.1 Å². The zero-order valence-corrected chi connectivity index (χ0v) is 38.7. The highest BCUT2D eigenvalue weighted by Crippen LogP contribution is 2.37. The largest absolute Gasteiger partial charge is 0.413 e. The molecule has 0 atom stereocenters. The minimum atomic E-state index is -1.77. The third kappa shape index (κ3) is 14.2. The Kier molecular flexibility index (Phi) is 18.8. The Morgan fingerprint density at radius 1 is 0.617 bits per heavy atom. The van der Waals surface area contributed by atoms with Crippen LogP contribution in [0.2, 0.25) is 18.1 Å². The summed E-state index contributed by atoms with van der Waals surface area (Å²) in [5.74, 6) is -0.644. The Labute approximate surface area is 362 Å². The maximum Gasteiger partial charge on any atom is 0.277 e. The smallest absolute Gasteiger partial charge is 0.277 e. The fraction of sp³-hybridized carbons (Fsp3) is 0.318. The molecule has 16 heteroatoms. The van der Waals surface area contributed by atoms with Crippen molar-refractivity contribution in [1.29, 1.82) is 0 Å². The van der Waals surface area contributed by atoms with Crippen LogP contribution >= 0.6 is 15.9 Å². The first-order valence-corrected chi connectivity index (χ1v) is 22.5. The SMILES string of the molecule is CON(C)C(=O)c1ccnc(-c2ccc(CO)cc2)c1.CON(C)C(=O)c1ccnc(-c2ccc(CO[Si](C)(C)C(C)(C)C)cc2)c1.CON(C)C(=O)c1ccnc(Br)c1. The lowest BCUT2D eigenvalue weighted by molar-refractivity contribution is -0.0757. The van der Waals surface area contributed by atoms with Crippen LogP contribution in [0, 0.1) is 0 Å². The molecule has 0 aliphatic carbocycles. The van der Waals surface area contributed by atoms with Gasteiger partial charge in [0.15, 0.2) is 8.32 Å². The topological polar surface area (TPSA) is 157 Å². The number of halogens is 1. The van der Waals surface area contributed by atoms with Gasteiger partial charge in [-0.1, -0.05) is 69.3 Å². The maximum absolute atomic E-state index is 12.2. The molecule has 2 aromatic carbocycles. The lowest BCUT2D eigenvalue weighted by Crippen LogP contribution is -2.40. The highest BCUT2D eigenvalue weighted by molar-refractivity contribution is 9.10. The number of rotatable bonds is 12. The quantitative estimate of drug-likeness (QED) is 0.0731. The number of nitrogens with zero attached hydrogens (tertiary/aromatic N) is 6. The van der Waals surface area contributed by atoms with E-state index >= 15 is 0 Å². The van der Waals surface area contributed by atoms with Crippen LogP contribution in [-0.4, -0.2) is 104 Å². The normalized spacial score (nSPS) is 11.0. The highest BCUT2D eigenvalue weighted by atomic mass is 79.9. The van der Waals surface area contributed by atoms with Crippen molar-refractivity contribution in [1.82, 2.24) is 30.1 Å². The van der Waals surface area contributed by atoms with Gasteiger partial charge in [-0.05, 0) is 81.6 Å². The molecule has 1 N–H and O–H groups in total. The van der Waals surface area contributed by atoms with Gasteiger partial charge in [0.2, 0.25) is 0 Å². The van der Waals surface area contributed by atoms with Crippen molar-refractivity contribution in [3.05, 3.63) is 136 Å². The van der Waals surface area contributed by atoms with Crippen molar-refractivity contribution in [2.45, 2.75) is 52.1 Å². The molecule has 320 valence electrons. The second kappa shape index (κ2) is 23.0. The predicted octanol–water partition coefficient (Wildman–Crippen LogP) is 8.26. The van der Waals surface area contributed by atoms with Crippen LogP contribution < -0.4 is 0 Å². The maximum atomic E-state index is 12.2. The molecule has 0 radical (unpaired) electrons. The minimum absolute atomic E-state index is 0.00483. The fourth-order valence-corrected chi connectivity index (χ4v) is 6.13. The minimum Gasteiger partial charge on any atom is -0.413 e. The first-order valence-electron chi connectivity index (χ1n) is 18.8. The third-order valence-electron chi connectivity index (χ3n) is 9.75. The predicted molar refractivity (Wildman–Crippen MR) is 236 cm³/mol. The zero-order chi connectivity index (χ0) is 44.6. The van der Waals surface area contributed by atoms with E-state index in [0.717, 1.165) is 38.1 Å². The van der Waals surface area contributed by atoms with Crippen LogP contribution in [-0.2, 0) is 32.2 Å². The highest BCUT2D eigenvalue weighted by Gasteiger charge is 2.37. The van der Waals surface area contributed by atoms with Gasteiger partial charge in [0.25, 0.3) is 17.7 Å². The second-order valence-electron chi connectivity index (χ2n) is 14.8. The number of aliphatic hydroxyl groups excluding tert-OH is 1. The summed E-state index contributed by atoms with van der Waals surface area (Å²) >= 11 is 3.18. The number of aromatic nitrogens is 3. The first kappa shape index (κ1) is 49.2. The van der Waals surface area contributed by atoms with Crippen LogP contribution in [0.1, 0.15) is 63.0 Å². The summed E-state index contributed by atoms with van der Waals surface area (Å²) in [7, 11) is 7.26. The molecule has 14 nitrogen and oxygen atoms in total. The van der Waals surface area contributed by atoms with E-state index in [-0.39, 0.29) is 29.4 Å². The fourth-order valence-electron chi connectivity index (χ4n) is 4.81.